The highest BCUT2D eigenvalue weighted by Gasteiger charge is 2.31. The Morgan fingerprint density at radius 2 is 2.15 bits per heavy atom. The quantitative estimate of drug-likeness (QED) is 0.923. The highest BCUT2D eigenvalue weighted by atomic mass is 19.2. The van der Waals surface area contributed by atoms with Gasteiger partial charge in [0.1, 0.15) is 0 Å². The van der Waals surface area contributed by atoms with Crippen molar-refractivity contribution in [2.45, 2.75) is 38.0 Å². The molecule has 1 aliphatic heterocycles. The molecule has 1 heterocycles. The smallest absolute Gasteiger partial charge is 0.159 e. The number of piperidine rings is 1. The van der Waals surface area contributed by atoms with Crippen LogP contribution in [0.3, 0.4) is 0 Å². The van der Waals surface area contributed by atoms with Crippen molar-refractivity contribution in [3.8, 4) is 0 Å². The van der Waals surface area contributed by atoms with Gasteiger partial charge in [-0.15, -0.1) is 0 Å². The number of hydrogen-bond acceptors (Lipinski definition) is 3. The third-order valence-corrected chi connectivity index (χ3v) is 4.24. The Morgan fingerprint density at radius 3 is 2.75 bits per heavy atom. The lowest BCUT2D eigenvalue weighted by Crippen LogP contribution is -2.49. The van der Waals surface area contributed by atoms with E-state index in [2.05, 4.69) is 4.90 Å². The number of likely N-dealkylation sites (tertiary alicyclic amines) is 1. The van der Waals surface area contributed by atoms with Crippen LogP contribution < -0.4 is 5.73 Å². The van der Waals surface area contributed by atoms with Gasteiger partial charge in [-0.1, -0.05) is 6.07 Å². The van der Waals surface area contributed by atoms with E-state index in [0.717, 1.165) is 24.9 Å². The lowest BCUT2D eigenvalue weighted by Gasteiger charge is -2.42. The van der Waals surface area contributed by atoms with Gasteiger partial charge in [-0.3, -0.25) is 4.90 Å². The van der Waals surface area contributed by atoms with E-state index in [0.29, 0.717) is 6.54 Å². The molecular formula is C15H22F2N2O. The van der Waals surface area contributed by atoms with Gasteiger partial charge in [0.05, 0.1) is 6.10 Å². The Kier molecular flexibility index (Phi) is 5.07. The maximum absolute atomic E-state index is 13.4. The molecule has 0 radical (unpaired) electrons. The number of hydrogen-bond donors (Lipinski definition) is 1. The van der Waals surface area contributed by atoms with Crippen molar-refractivity contribution >= 4 is 0 Å². The van der Waals surface area contributed by atoms with E-state index < -0.39 is 11.6 Å². The van der Waals surface area contributed by atoms with Gasteiger partial charge < -0.3 is 10.5 Å². The number of methoxy groups -OCH3 is 1. The number of halogens is 2. The van der Waals surface area contributed by atoms with Crippen molar-refractivity contribution in [2.24, 2.45) is 5.73 Å². The number of nitrogens with two attached hydrogens (primary N) is 1. The van der Waals surface area contributed by atoms with Crippen molar-refractivity contribution in [3.05, 3.63) is 35.4 Å². The molecule has 0 saturated carbocycles. The number of ether oxygens (including phenoxy) is 1. The maximum Gasteiger partial charge on any atom is 0.159 e. The van der Waals surface area contributed by atoms with Gasteiger partial charge in [-0.25, -0.2) is 8.78 Å². The molecule has 2 N–H and O–H groups in total. The molecule has 2 rings (SSSR count). The molecule has 1 aliphatic rings. The number of benzene rings is 1. The van der Waals surface area contributed by atoms with Gasteiger partial charge in [0, 0.05) is 32.3 Å². The zero-order chi connectivity index (χ0) is 14.7. The van der Waals surface area contributed by atoms with Crippen LogP contribution in [0.2, 0.25) is 0 Å². The Hall–Kier alpha value is -1.04. The first-order valence-corrected chi connectivity index (χ1v) is 7.00. The van der Waals surface area contributed by atoms with Crippen LogP contribution in [-0.4, -0.2) is 37.2 Å². The van der Waals surface area contributed by atoms with Gasteiger partial charge in [-0.2, -0.15) is 0 Å². The third-order valence-electron chi connectivity index (χ3n) is 4.24. The summed E-state index contributed by atoms with van der Waals surface area (Å²) >= 11 is 0. The van der Waals surface area contributed by atoms with Crippen LogP contribution in [0, 0.1) is 11.6 Å². The summed E-state index contributed by atoms with van der Waals surface area (Å²) in [6, 6.07) is 4.31. The summed E-state index contributed by atoms with van der Waals surface area (Å²) < 4.78 is 31.8. The van der Waals surface area contributed by atoms with Gasteiger partial charge >= 0.3 is 0 Å². The zero-order valence-electron chi connectivity index (χ0n) is 12.0. The summed E-state index contributed by atoms with van der Waals surface area (Å²) in [4.78, 5) is 2.25. The molecule has 112 valence electrons. The lowest BCUT2D eigenvalue weighted by molar-refractivity contribution is -0.00169. The molecule has 1 fully saturated rings. The van der Waals surface area contributed by atoms with Crippen LogP contribution >= 0.6 is 0 Å². The van der Waals surface area contributed by atoms with E-state index in [4.69, 9.17) is 10.5 Å². The van der Waals surface area contributed by atoms with Crippen LogP contribution in [0.5, 0.6) is 0 Å². The molecule has 0 bridgehead atoms. The first-order valence-electron chi connectivity index (χ1n) is 7.00. The first-order chi connectivity index (χ1) is 9.56. The summed E-state index contributed by atoms with van der Waals surface area (Å²) in [5, 5.41) is 0. The van der Waals surface area contributed by atoms with E-state index in [1.807, 2.05) is 6.92 Å². The van der Waals surface area contributed by atoms with E-state index >= 15 is 0 Å². The highest BCUT2D eigenvalue weighted by molar-refractivity contribution is 5.21. The van der Waals surface area contributed by atoms with Gasteiger partial charge in [0.25, 0.3) is 0 Å². The largest absolute Gasteiger partial charge is 0.381 e. The topological polar surface area (TPSA) is 38.5 Å². The molecular weight excluding hydrogens is 262 g/mol. The second-order valence-corrected chi connectivity index (χ2v) is 5.36. The standard InChI is InChI=1S/C15H22F2N2O/c1-10(11-3-4-14(16)15(17)7-11)19-6-5-13(20-2)8-12(19)9-18/h3-4,7,10,12-13H,5-6,8-9,18H2,1-2H3. The van der Waals surface area contributed by atoms with Gasteiger partial charge in [-0.05, 0) is 37.5 Å². The Morgan fingerprint density at radius 1 is 1.40 bits per heavy atom. The summed E-state index contributed by atoms with van der Waals surface area (Å²) in [7, 11) is 1.71. The lowest BCUT2D eigenvalue weighted by atomic mass is 9.95. The average molecular weight is 284 g/mol. The van der Waals surface area contributed by atoms with Crippen LogP contribution in [0.15, 0.2) is 18.2 Å². The Bertz CT molecular complexity index is 455. The zero-order valence-corrected chi connectivity index (χ0v) is 12.0. The molecule has 0 aromatic heterocycles. The van der Waals surface area contributed by atoms with Crippen molar-refractivity contribution in [1.82, 2.24) is 4.90 Å². The van der Waals surface area contributed by atoms with E-state index in [1.54, 1.807) is 13.2 Å². The molecule has 0 spiro atoms. The SMILES string of the molecule is COC1CCN(C(C)c2ccc(F)c(F)c2)C(CN)C1. The molecule has 3 unspecified atom stereocenters. The molecule has 3 nitrogen and oxygen atoms in total. The van der Waals surface area contributed by atoms with Gasteiger partial charge in [0.15, 0.2) is 11.6 Å². The van der Waals surface area contributed by atoms with E-state index in [1.165, 1.54) is 12.1 Å². The van der Waals surface area contributed by atoms with E-state index in [9.17, 15) is 8.78 Å². The minimum atomic E-state index is -0.811. The van der Waals surface area contributed by atoms with Gasteiger partial charge in [0.2, 0.25) is 0 Å². The molecule has 1 aromatic carbocycles. The molecule has 5 heteroatoms. The van der Waals surface area contributed by atoms with Crippen molar-refractivity contribution in [2.75, 3.05) is 20.2 Å². The van der Waals surface area contributed by atoms with Crippen LogP contribution in [0.1, 0.15) is 31.4 Å². The summed E-state index contributed by atoms with van der Waals surface area (Å²) in [6.45, 7) is 3.39. The summed E-state index contributed by atoms with van der Waals surface area (Å²) in [6.07, 6.45) is 2.04. The monoisotopic (exact) mass is 284 g/mol. The summed E-state index contributed by atoms with van der Waals surface area (Å²) in [5.41, 5.74) is 6.63. The normalized spacial score (nSPS) is 25.6. The second-order valence-electron chi connectivity index (χ2n) is 5.36. The summed E-state index contributed by atoms with van der Waals surface area (Å²) in [5.74, 6) is -1.61. The van der Waals surface area contributed by atoms with Crippen molar-refractivity contribution < 1.29 is 13.5 Å². The maximum atomic E-state index is 13.4. The minimum Gasteiger partial charge on any atom is -0.381 e. The third kappa shape index (κ3) is 3.16. The number of nitrogens with zero attached hydrogens (tertiary/aromatic N) is 1. The Balaban J connectivity index is 2.14. The molecule has 1 saturated heterocycles. The highest BCUT2D eigenvalue weighted by Crippen LogP contribution is 2.29. The fourth-order valence-corrected chi connectivity index (χ4v) is 2.95. The van der Waals surface area contributed by atoms with E-state index in [-0.39, 0.29) is 18.2 Å². The molecule has 3 atom stereocenters. The molecule has 1 aromatic rings. The van der Waals surface area contributed by atoms with Crippen molar-refractivity contribution in [3.63, 3.8) is 0 Å². The molecule has 20 heavy (non-hydrogen) atoms. The fraction of sp³-hybridized carbons (Fsp3) is 0.600. The van der Waals surface area contributed by atoms with Crippen LogP contribution in [-0.2, 0) is 4.74 Å². The predicted octanol–water partition coefficient (Wildman–Crippen LogP) is 2.46. The first kappa shape index (κ1) is 15.4. The fourth-order valence-electron chi connectivity index (χ4n) is 2.95. The van der Waals surface area contributed by atoms with Crippen LogP contribution in [0.4, 0.5) is 8.78 Å². The van der Waals surface area contributed by atoms with Crippen LogP contribution in [0.25, 0.3) is 0 Å². The van der Waals surface area contributed by atoms with Crippen molar-refractivity contribution in [1.29, 1.82) is 0 Å². The number of rotatable bonds is 4. The minimum absolute atomic E-state index is 0.0106. The molecule has 0 amide bonds. The molecule has 0 aliphatic carbocycles. The average Bonchev–Trinajstić information content (AvgIpc) is 2.48. The predicted molar refractivity (Wildman–Crippen MR) is 74.4 cm³/mol. The second kappa shape index (κ2) is 6.61. The Labute approximate surface area is 118 Å².